The van der Waals surface area contributed by atoms with Gasteiger partial charge in [0.2, 0.25) is 11.9 Å². The standard InChI is InChI=1S/C37H57N5O12S/c43-33(38-18-20-51-23-25-54-29-35(46)47)28-53-24-22-52-21-19-39-36(48)31-26-40-37(41-27-31)42-55(49,50)32-16-14-30(15-17-32)12-10-8-6-4-2-1-3-5-7-9-11-13-34(44)45/h14-17,26-27H,1-13,18-25,28-29H2,(H,38,43)(H,39,48)(H,44,45)(H,46,47)(H,40,41,42). The maximum absolute atomic E-state index is 12.9. The number of aryl methyl sites for hydroxylation is 1. The van der Waals surface area contributed by atoms with E-state index in [9.17, 15) is 27.6 Å². The number of hydrogen-bond donors (Lipinski definition) is 5. The van der Waals surface area contributed by atoms with Gasteiger partial charge in [-0.15, -0.1) is 0 Å². The highest BCUT2D eigenvalue weighted by Crippen LogP contribution is 2.17. The number of carboxylic acid groups (broad SMARTS) is 2. The van der Waals surface area contributed by atoms with Crippen molar-refractivity contribution >= 4 is 39.7 Å². The quantitative estimate of drug-likeness (QED) is 0.0637. The molecule has 0 atom stereocenters. The molecule has 18 heteroatoms. The van der Waals surface area contributed by atoms with Gasteiger partial charge in [0.05, 0.1) is 50.1 Å². The highest BCUT2D eigenvalue weighted by atomic mass is 32.2. The van der Waals surface area contributed by atoms with Crippen molar-refractivity contribution in [3.05, 3.63) is 47.8 Å². The van der Waals surface area contributed by atoms with Crippen LogP contribution in [0.5, 0.6) is 0 Å². The van der Waals surface area contributed by atoms with Crippen LogP contribution < -0.4 is 15.4 Å². The van der Waals surface area contributed by atoms with Crippen LogP contribution in [0.15, 0.2) is 41.6 Å². The number of carboxylic acids is 2. The number of anilines is 1. The zero-order valence-electron chi connectivity index (χ0n) is 31.5. The van der Waals surface area contributed by atoms with Crippen LogP contribution in [-0.4, -0.2) is 118 Å². The van der Waals surface area contributed by atoms with Crippen LogP contribution in [0.4, 0.5) is 5.95 Å². The number of amides is 2. The first-order valence-corrected chi connectivity index (χ1v) is 20.3. The minimum atomic E-state index is -3.93. The minimum absolute atomic E-state index is 0.0817. The minimum Gasteiger partial charge on any atom is -0.481 e. The summed E-state index contributed by atoms with van der Waals surface area (Å²) in [5.41, 5.74) is 1.20. The molecule has 5 N–H and O–H groups in total. The fraction of sp³-hybridized carbons (Fsp3) is 0.622. The van der Waals surface area contributed by atoms with Crippen LogP contribution in [0, 0.1) is 0 Å². The molecule has 0 unspecified atom stereocenters. The summed E-state index contributed by atoms with van der Waals surface area (Å²) in [7, 11) is -3.93. The molecule has 2 amide bonds. The molecule has 1 heterocycles. The van der Waals surface area contributed by atoms with E-state index in [2.05, 4.69) is 25.3 Å². The van der Waals surface area contributed by atoms with E-state index in [4.69, 9.17) is 29.2 Å². The summed E-state index contributed by atoms with van der Waals surface area (Å²) in [5.74, 6) is -2.73. The van der Waals surface area contributed by atoms with E-state index >= 15 is 0 Å². The second-order valence-electron chi connectivity index (χ2n) is 12.7. The van der Waals surface area contributed by atoms with Gasteiger partial charge in [0, 0.05) is 31.9 Å². The number of unbranched alkanes of at least 4 members (excludes halogenated alkanes) is 10. The maximum atomic E-state index is 12.9. The zero-order chi connectivity index (χ0) is 40.0. The molecule has 0 saturated carbocycles. The molecule has 2 rings (SSSR count). The van der Waals surface area contributed by atoms with Gasteiger partial charge in [-0.1, -0.05) is 69.9 Å². The number of nitrogens with zero attached hydrogens (tertiary/aromatic N) is 2. The second-order valence-corrected chi connectivity index (χ2v) is 14.3. The Bertz CT molecular complexity index is 1490. The molecule has 308 valence electrons. The van der Waals surface area contributed by atoms with E-state index in [0.717, 1.165) is 44.1 Å². The average molecular weight is 796 g/mol. The number of rotatable bonds is 34. The van der Waals surface area contributed by atoms with Gasteiger partial charge in [-0.05, 0) is 37.0 Å². The first kappa shape index (κ1) is 46.9. The lowest BCUT2D eigenvalue weighted by Gasteiger charge is -2.09. The molecular formula is C37H57N5O12S. The Morgan fingerprint density at radius 1 is 0.600 bits per heavy atom. The molecule has 55 heavy (non-hydrogen) atoms. The van der Waals surface area contributed by atoms with Gasteiger partial charge < -0.3 is 39.8 Å². The number of carbonyl (C=O) groups excluding carboxylic acids is 2. The number of nitrogens with one attached hydrogen (secondary N) is 3. The summed E-state index contributed by atoms with van der Waals surface area (Å²) in [6.45, 7) is 1.06. The van der Waals surface area contributed by atoms with Crippen LogP contribution in [0.25, 0.3) is 0 Å². The molecule has 0 spiro atoms. The number of ether oxygens (including phenoxy) is 4. The van der Waals surface area contributed by atoms with E-state index in [-0.39, 0.29) is 94.7 Å². The number of hydrogen-bond acceptors (Lipinski definition) is 12. The molecule has 0 saturated heterocycles. The van der Waals surface area contributed by atoms with E-state index in [0.29, 0.717) is 0 Å². The SMILES string of the molecule is O=C(O)CCCCCCCCCCCCCc1ccc(S(=O)(=O)Nc2ncc(C(=O)NCCOCCOCC(=O)NCCOCCOCC(=O)O)cn2)cc1. The predicted molar refractivity (Wildman–Crippen MR) is 202 cm³/mol. The summed E-state index contributed by atoms with van der Waals surface area (Å²) >= 11 is 0. The van der Waals surface area contributed by atoms with Crippen LogP contribution in [-0.2, 0) is 49.8 Å². The van der Waals surface area contributed by atoms with Gasteiger partial charge in [0.1, 0.15) is 13.2 Å². The van der Waals surface area contributed by atoms with Gasteiger partial charge in [0.15, 0.2) is 0 Å². The fourth-order valence-corrected chi connectivity index (χ4v) is 6.08. The Morgan fingerprint density at radius 3 is 1.67 bits per heavy atom. The lowest BCUT2D eigenvalue weighted by molar-refractivity contribution is -0.143. The zero-order valence-corrected chi connectivity index (χ0v) is 32.3. The number of carbonyl (C=O) groups is 4. The van der Waals surface area contributed by atoms with Crippen LogP contribution >= 0.6 is 0 Å². The molecular weight excluding hydrogens is 738 g/mol. The summed E-state index contributed by atoms with van der Waals surface area (Å²) in [5, 5.41) is 22.4. The molecule has 0 radical (unpaired) electrons. The van der Waals surface area contributed by atoms with Gasteiger partial charge >= 0.3 is 11.9 Å². The Labute approximate surface area is 323 Å². The maximum Gasteiger partial charge on any atom is 0.329 e. The van der Waals surface area contributed by atoms with Gasteiger partial charge in [0.25, 0.3) is 15.9 Å². The van der Waals surface area contributed by atoms with Crippen molar-refractivity contribution in [2.75, 3.05) is 70.7 Å². The molecule has 0 bridgehead atoms. The van der Waals surface area contributed by atoms with Crippen molar-refractivity contribution in [2.24, 2.45) is 0 Å². The first-order valence-electron chi connectivity index (χ1n) is 18.8. The molecule has 2 aromatic rings. The van der Waals surface area contributed by atoms with E-state index in [1.165, 1.54) is 50.9 Å². The Morgan fingerprint density at radius 2 is 1.11 bits per heavy atom. The monoisotopic (exact) mass is 795 g/mol. The molecule has 17 nitrogen and oxygen atoms in total. The lowest BCUT2D eigenvalue weighted by Crippen LogP contribution is -2.31. The predicted octanol–water partition coefficient (Wildman–Crippen LogP) is 3.58. The van der Waals surface area contributed by atoms with Crippen LogP contribution in [0.3, 0.4) is 0 Å². The first-order chi connectivity index (χ1) is 26.6. The summed E-state index contributed by atoms with van der Waals surface area (Å²) in [4.78, 5) is 53.0. The Hall–Kier alpha value is -4.23. The van der Waals surface area contributed by atoms with Crippen molar-refractivity contribution in [3.63, 3.8) is 0 Å². The number of benzene rings is 1. The third kappa shape index (κ3) is 24.0. The summed E-state index contributed by atoms with van der Waals surface area (Å²) < 4.78 is 48.7. The molecule has 0 aliphatic heterocycles. The molecule has 1 aromatic heterocycles. The largest absolute Gasteiger partial charge is 0.481 e. The average Bonchev–Trinajstić information content (AvgIpc) is 3.15. The van der Waals surface area contributed by atoms with Crippen LogP contribution in [0.2, 0.25) is 0 Å². The van der Waals surface area contributed by atoms with Crippen molar-refractivity contribution in [3.8, 4) is 0 Å². The third-order valence-electron chi connectivity index (χ3n) is 8.03. The molecule has 0 aliphatic carbocycles. The van der Waals surface area contributed by atoms with E-state index in [1.54, 1.807) is 12.1 Å². The summed E-state index contributed by atoms with van der Waals surface area (Å²) in [6, 6.07) is 6.73. The van der Waals surface area contributed by atoms with Crippen molar-refractivity contribution < 1.29 is 56.8 Å². The van der Waals surface area contributed by atoms with Gasteiger partial charge in [-0.3, -0.25) is 14.4 Å². The molecule has 0 fully saturated rings. The van der Waals surface area contributed by atoms with Crippen molar-refractivity contribution in [2.45, 2.75) is 88.4 Å². The lowest BCUT2D eigenvalue weighted by atomic mass is 10.0. The number of sulfonamides is 1. The number of aromatic nitrogens is 2. The summed E-state index contributed by atoms with van der Waals surface area (Å²) in [6.07, 6.45) is 15.8. The topological polar surface area (TPSA) is 242 Å². The highest BCUT2D eigenvalue weighted by molar-refractivity contribution is 7.92. The second kappa shape index (κ2) is 29.1. The van der Waals surface area contributed by atoms with E-state index < -0.39 is 27.9 Å². The van der Waals surface area contributed by atoms with Crippen molar-refractivity contribution in [1.82, 2.24) is 20.6 Å². The van der Waals surface area contributed by atoms with Crippen molar-refractivity contribution in [1.29, 1.82) is 0 Å². The third-order valence-corrected chi connectivity index (χ3v) is 9.38. The van der Waals surface area contributed by atoms with Crippen LogP contribution in [0.1, 0.15) is 93.0 Å². The molecule has 0 aliphatic rings. The smallest absolute Gasteiger partial charge is 0.329 e. The van der Waals surface area contributed by atoms with Gasteiger partial charge in [-0.25, -0.2) is 27.9 Å². The number of aliphatic carboxylic acids is 2. The van der Waals surface area contributed by atoms with Gasteiger partial charge in [-0.2, -0.15) is 0 Å². The Balaban J connectivity index is 1.51. The van der Waals surface area contributed by atoms with E-state index in [1.807, 2.05) is 12.1 Å². The molecule has 1 aromatic carbocycles. The Kier molecular flexibility index (Phi) is 24.8. The fourth-order valence-electron chi connectivity index (χ4n) is 5.13. The normalized spacial score (nSPS) is 11.3. The highest BCUT2D eigenvalue weighted by Gasteiger charge is 2.16.